The van der Waals surface area contributed by atoms with Crippen LogP contribution < -0.4 is 14.8 Å². The Hall–Kier alpha value is -2.51. The fourth-order valence-corrected chi connectivity index (χ4v) is 4.76. The lowest BCUT2D eigenvalue weighted by molar-refractivity contribution is -0.115. The third-order valence-corrected chi connectivity index (χ3v) is 6.41. The van der Waals surface area contributed by atoms with Crippen molar-refractivity contribution in [2.45, 2.75) is 6.61 Å². The van der Waals surface area contributed by atoms with E-state index in [2.05, 4.69) is 5.32 Å². The van der Waals surface area contributed by atoms with E-state index in [-0.39, 0.29) is 5.91 Å². The second kappa shape index (κ2) is 9.96. The predicted molar refractivity (Wildman–Crippen MR) is 136 cm³/mol. The molecule has 1 aliphatic heterocycles. The highest BCUT2D eigenvalue weighted by molar-refractivity contribution is 8.26. The molecule has 0 spiro atoms. The monoisotopic (exact) mass is 501 g/mol. The van der Waals surface area contributed by atoms with E-state index < -0.39 is 0 Å². The molecule has 0 aliphatic carbocycles. The minimum Gasteiger partial charge on any atom is -0.493 e. The van der Waals surface area contributed by atoms with Crippen molar-refractivity contribution in [3.63, 3.8) is 0 Å². The van der Waals surface area contributed by atoms with E-state index in [0.29, 0.717) is 42.9 Å². The van der Waals surface area contributed by atoms with E-state index in [1.54, 1.807) is 25.3 Å². The summed E-state index contributed by atoms with van der Waals surface area (Å²) in [5.41, 5.74) is 3.26. The van der Waals surface area contributed by atoms with Crippen molar-refractivity contribution in [1.82, 2.24) is 5.32 Å². The highest BCUT2D eigenvalue weighted by Gasteiger charge is 2.24. The van der Waals surface area contributed by atoms with Crippen molar-refractivity contribution in [2.24, 2.45) is 0 Å². The summed E-state index contributed by atoms with van der Waals surface area (Å²) >= 11 is 18.8. The topological polar surface area (TPSA) is 47.6 Å². The van der Waals surface area contributed by atoms with Gasteiger partial charge in [0.1, 0.15) is 10.9 Å². The van der Waals surface area contributed by atoms with Gasteiger partial charge in [0, 0.05) is 21.2 Å². The Morgan fingerprint density at radius 3 is 2.53 bits per heavy atom. The average molecular weight is 502 g/mol. The number of carbonyl (C=O) groups is 1. The Labute approximate surface area is 205 Å². The highest BCUT2D eigenvalue weighted by Crippen LogP contribution is 2.41. The number of nitrogens with one attached hydrogen (secondary N) is 1. The third-order valence-electron chi connectivity index (χ3n) is 4.70. The zero-order valence-corrected chi connectivity index (χ0v) is 20.0. The minimum atomic E-state index is -0.247. The number of thiocarbonyl (C=S) groups is 1. The number of amides is 1. The Morgan fingerprint density at radius 2 is 1.88 bits per heavy atom. The number of ether oxygens (including phenoxy) is 2. The van der Waals surface area contributed by atoms with Crippen LogP contribution in [0.25, 0.3) is 17.2 Å². The van der Waals surface area contributed by atoms with Gasteiger partial charge in [0.05, 0.1) is 12.0 Å². The first-order valence-electron chi connectivity index (χ1n) is 9.53. The third kappa shape index (κ3) is 5.10. The van der Waals surface area contributed by atoms with Gasteiger partial charge in [-0.2, -0.15) is 0 Å². The molecule has 0 unspecified atom stereocenters. The van der Waals surface area contributed by atoms with E-state index in [0.717, 1.165) is 16.7 Å². The second-order valence-electron chi connectivity index (χ2n) is 6.85. The van der Waals surface area contributed by atoms with E-state index in [9.17, 15) is 4.79 Å². The van der Waals surface area contributed by atoms with Gasteiger partial charge >= 0.3 is 0 Å². The van der Waals surface area contributed by atoms with Gasteiger partial charge in [0.15, 0.2) is 11.5 Å². The maximum Gasteiger partial charge on any atom is 0.263 e. The van der Waals surface area contributed by atoms with Crippen LogP contribution in [0.15, 0.2) is 65.6 Å². The number of thioether (sulfide) groups is 1. The molecule has 3 aromatic rings. The Balaban J connectivity index is 1.82. The van der Waals surface area contributed by atoms with Gasteiger partial charge in [-0.15, -0.1) is 0 Å². The van der Waals surface area contributed by atoms with Crippen molar-refractivity contribution in [3.8, 4) is 22.6 Å². The number of hydrogen-bond acceptors (Lipinski definition) is 5. The number of halogens is 2. The average Bonchev–Trinajstić information content (AvgIpc) is 3.09. The number of carbonyl (C=O) groups excluding carboxylic acids is 1. The first-order chi connectivity index (χ1) is 15.4. The molecule has 1 aliphatic rings. The van der Waals surface area contributed by atoms with E-state index in [1.807, 2.05) is 48.5 Å². The molecule has 162 valence electrons. The van der Waals surface area contributed by atoms with Crippen LogP contribution in [0.3, 0.4) is 0 Å². The zero-order chi connectivity index (χ0) is 22.7. The van der Waals surface area contributed by atoms with Gasteiger partial charge in [-0.05, 0) is 41.5 Å². The molecule has 0 saturated carbocycles. The molecule has 1 fully saturated rings. The maximum absolute atomic E-state index is 12.3. The smallest absolute Gasteiger partial charge is 0.263 e. The molecular weight excluding hydrogens is 485 g/mol. The van der Waals surface area contributed by atoms with Crippen molar-refractivity contribution in [1.29, 1.82) is 0 Å². The molecule has 0 radical (unpaired) electrons. The number of benzene rings is 3. The van der Waals surface area contributed by atoms with Gasteiger partial charge in [-0.3, -0.25) is 4.79 Å². The van der Waals surface area contributed by atoms with Crippen LogP contribution in [-0.2, 0) is 11.4 Å². The molecule has 0 aromatic heterocycles. The molecular formula is C24H17Cl2NO3S2. The number of rotatable bonds is 6. The molecule has 8 heteroatoms. The summed E-state index contributed by atoms with van der Waals surface area (Å²) in [5, 5.41) is 3.68. The fourth-order valence-electron chi connectivity index (χ4n) is 3.21. The lowest BCUT2D eigenvalue weighted by atomic mass is 10.0. The van der Waals surface area contributed by atoms with Gasteiger partial charge in [0.25, 0.3) is 5.91 Å². The van der Waals surface area contributed by atoms with Gasteiger partial charge < -0.3 is 14.8 Å². The summed E-state index contributed by atoms with van der Waals surface area (Å²) in [6.45, 7) is 0.339. The lowest BCUT2D eigenvalue weighted by Crippen LogP contribution is -2.17. The van der Waals surface area contributed by atoms with Crippen LogP contribution in [0.5, 0.6) is 11.5 Å². The maximum atomic E-state index is 12.3. The molecule has 4 rings (SSSR count). The summed E-state index contributed by atoms with van der Waals surface area (Å²) in [4.78, 5) is 12.8. The lowest BCUT2D eigenvalue weighted by Gasteiger charge is -2.17. The van der Waals surface area contributed by atoms with Gasteiger partial charge in [-0.25, -0.2) is 0 Å². The molecule has 0 bridgehead atoms. The molecule has 1 amide bonds. The van der Waals surface area contributed by atoms with Crippen LogP contribution in [0.1, 0.15) is 11.1 Å². The molecule has 4 nitrogen and oxygen atoms in total. The van der Waals surface area contributed by atoms with Crippen molar-refractivity contribution in [2.75, 3.05) is 7.11 Å². The van der Waals surface area contributed by atoms with Gasteiger partial charge in [-0.1, -0.05) is 83.6 Å². The molecule has 0 atom stereocenters. The van der Waals surface area contributed by atoms with Crippen molar-refractivity contribution >= 4 is 63.5 Å². The predicted octanol–water partition coefficient (Wildman–Crippen LogP) is 6.74. The minimum absolute atomic E-state index is 0.247. The summed E-state index contributed by atoms with van der Waals surface area (Å²) in [6, 6.07) is 18.8. The van der Waals surface area contributed by atoms with Crippen molar-refractivity contribution in [3.05, 3.63) is 86.7 Å². The standard InChI is InChI=1S/C24H17Cl2NO3S2/c1-29-20-10-15(18-8-7-17(25)12-19(18)26)9-16(11-21-23(28)27-24(31)32-21)22(20)30-13-14-5-3-2-4-6-14/h2-12H,13H2,1H3,(H,27,28,31)/b21-11-. The number of methoxy groups -OCH3 is 1. The van der Waals surface area contributed by atoms with Crippen LogP contribution >= 0.6 is 47.2 Å². The first-order valence-corrected chi connectivity index (χ1v) is 11.5. The molecule has 32 heavy (non-hydrogen) atoms. The molecule has 3 aromatic carbocycles. The Morgan fingerprint density at radius 1 is 1.09 bits per heavy atom. The second-order valence-corrected chi connectivity index (χ2v) is 9.41. The highest BCUT2D eigenvalue weighted by atomic mass is 35.5. The number of hydrogen-bond donors (Lipinski definition) is 1. The first kappa shape index (κ1) is 22.7. The molecule has 1 N–H and O–H groups in total. The SMILES string of the molecule is COc1cc(-c2ccc(Cl)cc2Cl)cc(/C=C2\SC(=S)NC2=O)c1OCc1ccccc1. The van der Waals surface area contributed by atoms with Crippen LogP contribution in [-0.4, -0.2) is 17.3 Å². The Kier molecular flexibility index (Phi) is 7.06. The van der Waals surface area contributed by atoms with Crippen LogP contribution in [0.4, 0.5) is 0 Å². The summed E-state index contributed by atoms with van der Waals surface area (Å²) < 4.78 is 12.2. The normalized spacial score (nSPS) is 14.5. The quantitative estimate of drug-likeness (QED) is 0.299. The zero-order valence-electron chi connectivity index (χ0n) is 16.9. The molecule has 1 saturated heterocycles. The largest absolute Gasteiger partial charge is 0.493 e. The van der Waals surface area contributed by atoms with E-state index in [4.69, 9.17) is 44.9 Å². The summed E-state index contributed by atoms with van der Waals surface area (Å²) in [6.07, 6.45) is 1.75. The summed E-state index contributed by atoms with van der Waals surface area (Å²) in [7, 11) is 1.57. The van der Waals surface area contributed by atoms with Crippen LogP contribution in [0, 0.1) is 0 Å². The molecule has 1 heterocycles. The summed E-state index contributed by atoms with van der Waals surface area (Å²) in [5.74, 6) is 0.786. The van der Waals surface area contributed by atoms with Crippen LogP contribution in [0.2, 0.25) is 10.0 Å². The fraction of sp³-hybridized carbons (Fsp3) is 0.0833. The van der Waals surface area contributed by atoms with E-state index >= 15 is 0 Å². The van der Waals surface area contributed by atoms with Crippen molar-refractivity contribution < 1.29 is 14.3 Å². The Bertz CT molecular complexity index is 1230. The van der Waals surface area contributed by atoms with Gasteiger partial charge in [0.2, 0.25) is 0 Å². The van der Waals surface area contributed by atoms with E-state index in [1.165, 1.54) is 11.8 Å².